The third-order valence-corrected chi connectivity index (χ3v) is 4.82. The maximum atomic E-state index is 12.6. The summed E-state index contributed by atoms with van der Waals surface area (Å²) in [5.74, 6) is 0.327. The van der Waals surface area contributed by atoms with Gasteiger partial charge in [0.2, 0.25) is 0 Å². The van der Waals surface area contributed by atoms with E-state index in [9.17, 15) is 9.59 Å². The molecular weight excluding hydrogens is 266 g/mol. The molecule has 2 fully saturated rings. The summed E-state index contributed by atoms with van der Waals surface area (Å²) in [6.07, 6.45) is 3.16. The van der Waals surface area contributed by atoms with Crippen LogP contribution in [0.1, 0.15) is 37.2 Å². The molecular formula is C17H21NO3. The highest BCUT2D eigenvalue weighted by molar-refractivity contribution is 5.85. The number of rotatable bonds is 1. The number of amides is 1. The van der Waals surface area contributed by atoms with E-state index in [1.165, 1.54) is 7.11 Å². The molecule has 1 saturated heterocycles. The lowest BCUT2D eigenvalue weighted by Crippen LogP contribution is -2.38. The summed E-state index contributed by atoms with van der Waals surface area (Å²) in [5, 5.41) is 0. The maximum absolute atomic E-state index is 12.6. The van der Waals surface area contributed by atoms with Gasteiger partial charge in [0, 0.05) is 30.8 Å². The lowest BCUT2D eigenvalue weighted by Gasteiger charge is -2.25. The Morgan fingerprint density at radius 1 is 1.24 bits per heavy atom. The second kappa shape index (κ2) is 5.88. The number of likely N-dealkylation sites (tertiary alicyclic amines) is 1. The van der Waals surface area contributed by atoms with Gasteiger partial charge in [0.25, 0.3) is 0 Å². The minimum Gasteiger partial charge on any atom is -0.453 e. The zero-order valence-electron chi connectivity index (χ0n) is 12.3. The molecule has 4 heteroatoms. The molecule has 3 atom stereocenters. The van der Waals surface area contributed by atoms with E-state index in [2.05, 4.69) is 12.1 Å². The van der Waals surface area contributed by atoms with Crippen LogP contribution in [0.2, 0.25) is 0 Å². The number of hydrogen-bond donors (Lipinski definition) is 0. The van der Waals surface area contributed by atoms with E-state index < -0.39 is 0 Å². The molecule has 21 heavy (non-hydrogen) atoms. The number of hydrogen-bond acceptors (Lipinski definition) is 3. The van der Waals surface area contributed by atoms with E-state index >= 15 is 0 Å². The molecule has 0 spiro atoms. The Hall–Kier alpha value is -1.84. The van der Waals surface area contributed by atoms with Crippen LogP contribution in [0.25, 0.3) is 0 Å². The number of benzene rings is 1. The molecule has 0 unspecified atom stereocenters. The Morgan fingerprint density at radius 2 is 2.00 bits per heavy atom. The van der Waals surface area contributed by atoms with Gasteiger partial charge >= 0.3 is 6.09 Å². The molecule has 1 amide bonds. The van der Waals surface area contributed by atoms with Crippen LogP contribution < -0.4 is 0 Å². The minimum absolute atomic E-state index is 0.00217. The fourth-order valence-corrected chi connectivity index (χ4v) is 3.86. The highest BCUT2D eigenvalue weighted by Crippen LogP contribution is 2.42. The van der Waals surface area contributed by atoms with Crippen molar-refractivity contribution in [1.29, 1.82) is 0 Å². The zero-order chi connectivity index (χ0) is 14.8. The topological polar surface area (TPSA) is 46.6 Å². The molecule has 1 aromatic carbocycles. The third kappa shape index (κ3) is 2.55. The van der Waals surface area contributed by atoms with Gasteiger partial charge in [-0.15, -0.1) is 0 Å². The van der Waals surface area contributed by atoms with Gasteiger partial charge in [-0.05, 0) is 18.4 Å². The van der Waals surface area contributed by atoms with Crippen molar-refractivity contribution in [3.63, 3.8) is 0 Å². The first-order valence-corrected chi connectivity index (χ1v) is 7.64. The van der Waals surface area contributed by atoms with E-state index in [1.807, 2.05) is 18.2 Å². The standard InChI is InChI=1S/C17H21NO3/c1-21-17(20)18-11-13(12-7-3-2-4-8-12)16-14(18)9-5-6-10-15(16)19/h2-4,7-8,13-14,16H,5-6,9-11H2,1H3/t13-,14-,16-/m0/s1. The summed E-state index contributed by atoms with van der Waals surface area (Å²) in [6.45, 7) is 0.581. The third-order valence-electron chi connectivity index (χ3n) is 4.82. The molecule has 0 N–H and O–H groups in total. The van der Waals surface area contributed by atoms with Gasteiger partial charge in [0.15, 0.2) is 0 Å². The first-order chi connectivity index (χ1) is 10.2. The Kier molecular flexibility index (Phi) is 3.95. The number of nitrogens with zero attached hydrogens (tertiary/aromatic N) is 1. The van der Waals surface area contributed by atoms with E-state index in [-0.39, 0.29) is 24.0 Å². The monoisotopic (exact) mass is 287 g/mol. The van der Waals surface area contributed by atoms with Crippen molar-refractivity contribution in [2.45, 2.75) is 37.6 Å². The summed E-state index contributed by atoms with van der Waals surface area (Å²) < 4.78 is 4.92. The van der Waals surface area contributed by atoms with Crippen LogP contribution in [-0.2, 0) is 9.53 Å². The number of Topliss-reactive ketones (excluding diaryl/α,β-unsaturated/α-hetero) is 1. The van der Waals surface area contributed by atoms with Gasteiger partial charge in [-0.25, -0.2) is 4.79 Å². The van der Waals surface area contributed by atoms with Gasteiger partial charge < -0.3 is 9.64 Å². The Balaban J connectivity index is 1.96. The molecule has 0 bridgehead atoms. The first kappa shape index (κ1) is 14.1. The highest BCUT2D eigenvalue weighted by atomic mass is 16.5. The number of ether oxygens (including phenoxy) is 1. The molecule has 2 aliphatic rings. The average molecular weight is 287 g/mol. The van der Waals surface area contributed by atoms with Crippen molar-refractivity contribution in [3.8, 4) is 0 Å². The number of methoxy groups -OCH3 is 1. The minimum atomic E-state index is -0.307. The molecule has 3 rings (SSSR count). The average Bonchev–Trinajstić information content (AvgIpc) is 2.81. The van der Waals surface area contributed by atoms with E-state index in [1.54, 1.807) is 4.90 Å². The van der Waals surface area contributed by atoms with Crippen LogP contribution in [0.5, 0.6) is 0 Å². The lowest BCUT2D eigenvalue weighted by molar-refractivity contribution is -0.123. The van der Waals surface area contributed by atoms with E-state index in [0.29, 0.717) is 18.7 Å². The van der Waals surface area contributed by atoms with E-state index in [0.717, 1.165) is 24.8 Å². The number of ketones is 1. The van der Waals surface area contributed by atoms with Crippen molar-refractivity contribution >= 4 is 11.9 Å². The van der Waals surface area contributed by atoms with Gasteiger partial charge in [0.05, 0.1) is 7.11 Å². The molecule has 0 aromatic heterocycles. The molecule has 1 saturated carbocycles. The first-order valence-electron chi connectivity index (χ1n) is 7.64. The van der Waals surface area contributed by atoms with Crippen molar-refractivity contribution in [3.05, 3.63) is 35.9 Å². The Bertz CT molecular complexity index is 528. The SMILES string of the molecule is COC(=O)N1C[C@@H](c2ccccc2)[C@@H]2C(=O)CCCC[C@@H]21. The largest absolute Gasteiger partial charge is 0.453 e. The zero-order valence-corrected chi connectivity index (χ0v) is 12.3. The number of carbonyl (C=O) groups excluding carboxylic acids is 2. The summed E-state index contributed by atoms with van der Waals surface area (Å²) in [5.41, 5.74) is 1.15. The predicted octanol–water partition coefficient (Wildman–Crippen LogP) is 2.98. The van der Waals surface area contributed by atoms with E-state index in [4.69, 9.17) is 4.74 Å². The highest BCUT2D eigenvalue weighted by Gasteiger charge is 2.48. The van der Waals surface area contributed by atoms with Crippen LogP contribution in [0.15, 0.2) is 30.3 Å². The van der Waals surface area contributed by atoms with Crippen LogP contribution in [-0.4, -0.2) is 36.5 Å². The smallest absolute Gasteiger partial charge is 0.409 e. The van der Waals surface area contributed by atoms with Gasteiger partial charge in [-0.3, -0.25) is 4.79 Å². The van der Waals surface area contributed by atoms with Crippen LogP contribution in [0.4, 0.5) is 4.79 Å². The van der Waals surface area contributed by atoms with Crippen LogP contribution in [0, 0.1) is 5.92 Å². The maximum Gasteiger partial charge on any atom is 0.409 e. The quantitative estimate of drug-likeness (QED) is 0.797. The van der Waals surface area contributed by atoms with Crippen molar-refractivity contribution < 1.29 is 14.3 Å². The van der Waals surface area contributed by atoms with Gasteiger partial charge in [-0.1, -0.05) is 36.8 Å². The number of fused-ring (bicyclic) bond motifs is 1. The van der Waals surface area contributed by atoms with Crippen LogP contribution in [0.3, 0.4) is 0 Å². The summed E-state index contributed by atoms with van der Waals surface area (Å²) >= 11 is 0. The molecule has 1 aromatic rings. The van der Waals surface area contributed by atoms with Gasteiger partial charge in [0.1, 0.15) is 5.78 Å². The fraction of sp³-hybridized carbons (Fsp3) is 0.529. The summed E-state index contributed by atoms with van der Waals surface area (Å²) in [6, 6.07) is 10.1. The molecule has 1 aliphatic heterocycles. The van der Waals surface area contributed by atoms with Crippen molar-refractivity contribution in [2.24, 2.45) is 5.92 Å². The molecule has 1 aliphatic carbocycles. The lowest BCUT2D eigenvalue weighted by atomic mass is 9.82. The Labute approximate surface area is 125 Å². The second-order valence-corrected chi connectivity index (χ2v) is 5.94. The fourth-order valence-electron chi connectivity index (χ4n) is 3.86. The number of carbonyl (C=O) groups is 2. The predicted molar refractivity (Wildman–Crippen MR) is 79.0 cm³/mol. The van der Waals surface area contributed by atoms with Crippen molar-refractivity contribution in [1.82, 2.24) is 4.90 Å². The molecule has 4 nitrogen and oxygen atoms in total. The molecule has 112 valence electrons. The summed E-state index contributed by atoms with van der Waals surface area (Å²) in [4.78, 5) is 26.4. The van der Waals surface area contributed by atoms with Gasteiger partial charge in [-0.2, -0.15) is 0 Å². The normalized spacial score (nSPS) is 28.9. The summed E-state index contributed by atoms with van der Waals surface area (Å²) in [7, 11) is 1.41. The molecule has 0 radical (unpaired) electrons. The van der Waals surface area contributed by atoms with Crippen LogP contribution >= 0.6 is 0 Å². The molecule has 1 heterocycles. The van der Waals surface area contributed by atoms with Crippen molar-refractivity contribution in [2.75, 3.05) is 13.7 Å². The Morgan fingerprint density at radius 3 is 2.71 bits per heavy atom. The second-order valence-electron chi connectivity index (χ2n) is 5.94.